The fourth-order valence-corrected chi connectivity index (χ4v) is 1.94. The molecule has 18 heavy (non-hydrogen) atoms. The highest BCUT2D eigenvalue weighted by Crippen LogP contribution is 2.20. The van der Waals surface area contributed by atoms with Gasteiger partial charge in [-0.25, -0.2) is 4.39 Å². The number of nitrogens with one attached hydrogen (secondary N) is 1. The lowest BCUT2D eigenvalue weighted by molar-refractivity contribution is 0.630. The minimum atomic E-state index is -0.273. The highest BCUT2D eigenvalue weighted by molar-refractivity contribution is 9.10. The standard InChI is InChI=1S/C15H13BrFN/c1-11(12-5-3-2-4-6-12)10-18-15-8-7-13(16)9-14(15)17/h2-9,18H,1,10H2. The molecule has 0 heterocycles. The van der Waals surface area contributed by atoms with E-state index >= 15 is 0 Å². The summed E-state index contributed by atoms with van der Waals surface area (Å²) in [4.78, 5) is 0. The molecule has 1 nitrogen and oxygen atoms in total. The molecule has 0 saturated carbocycles. The lowest BCUT2D eigenvalue weighted by atomic mass is 10.1. The maximum Gasteiger partial charge on any atom is 0.147 e. The topological polar surface area (TPSA) is 12.0 Å². The minimum Gasteiger partial charge on any atom is -0.379 e. The van der Waals surface area contributed by atoms with E-state index in [4.69, 9.17) is 0 Å². The highest BCUT2D eigenvalue weighted by atomic mass is 79.9. The van der Waals surface area contributed by atoms with Crippen LogP contribution in [0.2, 0.25) is 0 Å². The molecule has 0 radical (unpaired) electrons. The van der Waals surface area contributed by atoms with E-state index in [9.17, 15) is 4.39 Å². The van der Waals surface area contributed by atoms with Gasteiger partial charge in [0.2, 0.25) is 0 Å². The van der Waals surface area contributed by atoms with Gasteiger partial charge in [0.25, 0.3) is 0 Å². The van der Waals surface area contributed by atoms with Gasteiger partial charge in [-0.2, -0.15) is 0 Å². The van der Waals surface area contributed by atoms with Crippen LogP contribution >= 0.6 is 15.9 Å². The van der Waals surface area contributed by atoms with E-state index in [1.165, 1.54) is 6.07 Å². The van der Waals surface area contributed by atoms with Crippen molar-refractivity contribution in [3.63, 3.8) is 0 Å². The first-order chi connectivity index (χ1) is 8.66. The van der Waals surface area contributed by atoms with Crippen molar-refractivity contribution in [1.82, 2.24) is 0 Å². The van der Waals surface area contributed by atoms with Crippen molar-refractivity contribution in [3.05, 3.63) is 71.0 Å². The smallest absolute Gasteiger partial charge is 0.147 e. The summed E-state index contributed by atoms with van der Waals surface area (Å²) < 4.78 is 14.3. The zero-order valence-electron chi connectivity index (χ0n) is 9.79. The van der Waals surface area contributed by atoms with Gasteiger partial charge in [0.15, 0.2) is 0 Å². The van der Waals surface area contributed by atoms with Crippen molar-refractivity contribution in [2.24, 2.45) is 0 Å². The average molecular weight is 306 g/mol. The Hall–Kier alpha value is -1.61. The highest BCUT2D eigenvalue weighted by Gasteiger charge is 2.03. The van der Waals surface area contributed by atoms with Crippen molar-refractivity contribution in [2.45, 2.75) is 0 Å². The van der Waals surface area contributed by atoms with Crippen molar-refractivity contribution >= 4 is 27.2 Å². The SMILES string of the molecule is C=C(CNc1ccc(Br)cc1F)c1ccccc1. The Kier molecular flexibility index (Phi) is 4.15. The molecule has 0 bridgehead atoms. The summed E-state index contributed by atoms with van der Waals surface area (Å²) in [6.07, 6.45) is 0. The van der Waals surface area contributed by atoms with E-state index in [2.05, 4.69) is 27.8 Å². The van der Waals surface area contributed by atoms with Crippen LogP contribution in [0.4, 0.5) is 10.1 Å². The van der Waals surface area contributed by atoms with Gasteiger partial charge in [-0.1, -0.05) is 52.8 Å². The zero-order chi connectivity index (χ0) is 13.0. The van der Waals surface area contributed by atoms with Crippen LogP contribution < -0.4 is 5.32 Å². The molecule has 0 aliphatic rings. The average Bonchev–Trinajstić information content (AvgIpc) is 2.38. The summed E-state index contributed by atoms with van der Waals surface area (Å²) in [5, 5.41) is 3.04. The van der Waals surface area contributed by atoms with Crippen molar-refractivity contribution in [1.29, 1.82) is 0 Å². The quantitative estimate of drug-likeness (QED) is 0.862. The van der Waals surface area contributed by atoms with Gasteiger partial charge in [0, 0.05) is 11.0 Å². The van der Waals surface area contributed by atoms with Crippen LogP contribution in [0.3, 0.4) is 0 Å². The molecule has 2 aromatic carbocycles. The van der Waals surface area contributed by atoms with E-state index in [1.54, 1.807) is 12.1 Å². The Balaban J connectivity index is 2.02. The fraction of sp³-hybridized carbons (Fsp3) is 0.0667. The molecule has 0 aliphatic carbocycles. The van der Waals surface area contributed by atoms with Crippen LogP contribution in [0.5, 0.6) is 0 Å². The second-order valence-corrected chi connectivity index (χ2v) is 4.86. The lowest BCUT2D eigenvalue weighted by Gasteiger charge is -2.10. The second kappa shape index (κ2) is 5.83. The van der Waals surface area contributed by atoms with Crippen LogP contribution in [0.15, 0.2) is 59.6 Å². The maximum absolute atomic E-state index is 13.6. The van der Waals surface area contributed by atoms with Gasteiger partial charge in [0.05, 0.1) is 5.69 Å². The van der Waals surface area contributed by atoms with Crippen molar-refractivity contribution in [2.75, 3.05) is 11.9 Å². The summed E-state index contributed by atoms with van der Waals surface area (Å²) in [6.45, 7) is 4.51. The molecule has 2 rings (SSSR count). The first-order valence-corrected chi connectivity index (χ1v) is 6.38. The number of benzene rings is 2. The summed E-state index contributed by atoms with van der Waals surface area (Å²) in [7, 11) is 0. The molecule has 3 heteroatoms. The third-order valence-electron chi connectivity index (χ3n) is 2.61. The monoisotopic (exact) mass is 305 g/mol. The van der Waals surface area contributed by atoms with E-state index < -0.39 is 0 Å². The second-order valence-electron chi connectivity index (χ2n) is 3.95. The van der Waals surface area contributed by atoms with Gasteiger partial charge in [0.1, 0.15) is 5.82 Å². The summed E-state index contributed by atoms with van der Waals surface area (Å²) in [6, 6.07) is 14.8. The van der Waals surface area contributed by atoms with Crippen molar-refractivity contribution in [3.8, 4) is 0 Å². The van der Waals surface area contributed by atoms with Gasteiger partial charge < -0.3 is 5.32 Å². The molecule has 0 unspecified atom stereocenters. The Morgan fingerprint density at radius 3 is 2.56 bits per heavy atom. The van der Waals surface area contributed by atoms with Crippen LogP contribution in [0.1, 0.15) is 5.56 Å². The Labute approximate surface area is 114 Å². The molecule has 0 atom stereocenters. The molecule has 92 valence electrons. The molecule has 0 saturated heterocycles. The first-order valence-electron chi connectivity index (χ1n) is 5.59. The molecule has 0 aromatic heterocycles. The van der Waals surface area contributed by atoms with E-state index in [1.807, 2.05) is 30.3 Å². The Morgan fingerprint density at radius 1 is 1.17 bits per heavy atom. The summed E-state index contributed by atoms with van der Waals surface area (Å²) in [5.41, 5.74) is 2.47. The normalized spacial score (nSPS) is 10.1. The van der Waals surface area contributed by atoms with Gasteiger partial charge in [-0.15, -0.1) is 0 Å². The number of anilines is 1. The molecule has 1 N–H and O–H groups in total. The van der Waals surface area contributed by atoms with Crippen molar-refractivity contribution < 1.29 is 4.39 Å². The molecule has 0 fully saturated rings. The van der Waals surface area contributed by atoms with Gasteiger partial charge in [-0.05, 0) is 29.3 Å². The minimum absolute atomic E-state index is 0.273. The number of hydrogen-bond donors (Lipinski definition) is 1. The molecular weight excluding hydrogens is 293 g/mol. The zero-order valence-corrected chi connectivity index (χ0v) is 11.4. The predicted molar refractivity (Wildman–Crippen MR) is 78.1 cm³/mol. The van der Waals surface area contributed by atoms with Crippen LogP contribution in [0.25, 0.3) is 5.57 Å². The van der Waals surface area contributed by atoms with Crippen LogP contribution in [-0.4, -0.2) is 6.54 Å². The third kappa shape index (κ3) is 3.20. The maximum atomic E-state index is 13.6. The van der Waals surface area contributed by atoms with E-state index in [0.29, 0.717) is 12.2 Å². The Bertz CT molecular complexity index is 552. The summed E-state index contributed by atoms with van der Waals surface area (Å²) in [5.74, 6) is -0.273. The van der Waals surface area contributed by atoms with E-state index in [-0.39, 0.29) is 5.82 Å². The fourth-order valence-electron chi connectivity index (χ4n) is 1.61. The third-order valence-corrected chi connectivity index (χ3v) is 3.10. The lowest BCUT2D eigenvalue weighted by Crippen LogP contribution is -2.04. The number of hydrogen-bond acceptors (Lipinski definition) is 1. The number of halogens is 2. The van der Waals surface area contributed by atoms with Gasteiger partial charge >= 0.3 is 0 Å². The first kappa shape index (κ1) is 12.8. The summed E-state index contributed by atoms with van der Waals surface area (Å²) >= 11 is 3.23. The number of rotatable bonds is 4. The molecule has 0 amide bonds. The molecule has 0 aliphatic heterocycles. The molecule has 0 spiro atoms. The largest absolute Gasteiger partial charge is 0.379 e. The molecular formula is C15H13BrFN. The Morgan fingerprint density at radius 2 is 1.89 bits per heavy atom. The molecule has 2 aromatic rings. The van der Waals surface area contributed by atoms with Crippen LogP contribution in [-0.2, 0) is 0 Å². The van der Waals surface area contributed by atoms with E-state index in [0.717, 1.165) is 15.6 Å². The van der Waals surface area contributed by atoms with Crippen LogP contribution in [0, 0.1) is 5.82 Å². The predicted octanol–water partition coefficient (Wildman–Crippen LogP) is 4.71. The van der Waals surface area contributed by atoms with Gasteiger partial charge in [-0.3, -0.25) is 0 Å².